The number of hydrogen-bond acceptors (Lipinski definition) is 5. The molecule has 3 aromatic rings. The SMILES string of the molecule is Cc1cc(CNC(=O)c2ccc3c(=O)n4c(nc3c2)CCCCCC4)no1. The molecule has 7 heteroatoms. The number of fused-ring (bicyclic) bond motifs is 2. The number of carbonyl (C=O) groups is 1. The first-order valence-corrected chi connectivity index (χ1v) is 9.36. The molecule has 1 aromatic carbocycles. The lowest BCUT2D eigenvalue weighted by Gasteiger charge is -2.16. The largest absolute Gasteiger partial charge is 0.361 e. The molecule has 27 heavy (non-hydrogen) atoms. The molecule has 140 valence electrons. The highest BCUT2D eigenvalue weighted by molar-refractivity contribution is 5.97. The van der Waals surface area contributed by atoms with Crippen molar-refractivity contribution in [3.63, 3.8) is 0 Å². The van der Waals surface area contributed by atoms with Crippen LogP contribution in [0, 0.1) is 6.92 Å². The van der Waals surface area contributed by atoms with Gasteiger partial charge in [-0.25, -0.2) is 4.98 Å². The maximum absolute atomic E-state index is 12.8. The van der Waals surface area contributed by atoms with Gasteiger partial charge in [-0.1, -0.05) is 18.0 Å². The quantitative estimate of drug-likeness (QED) is 0.770. The minimum atomic E-state index is -0.230. The predicted molar refractivity (Wildman–Crippen MR) is 101 cm³/mol. The van der Waals surface area contributed by atoms with Gasteiger partial charge in [-0.2, -0.15) is 0 Å². The minimum absolute atomic E-state index is 0.0121. The van der Waals surface area contributed by atoms with E-state index in [9.17, 15) is 9.59 Å². The fraction of sp³-hybridized carbons (Fsp3) is 0.400. The molecule has 7 nitrogen and oxygen atoms in total. The summed E-state index contributed by atoms with van der Waals surface area (Å²) in [4.78, 5) is 30.0. The fourth-order valence-electron chi connectivity index (χ4n) is 3.51. The van der Waals surface area contributed by atoms with Gasteiger partial charge in [-0.3, -0.25) is 14.2 Å². The monoisotopic (exact) mass is 366 g/mol. The van der Waals surface area contributed by atoms with Gasteiger partial charge in [-0.15, -0.1) is 0 Å². The standard InChI is InChI=1S/C20H22N4O3/c1-13-10-15(23-27-13)12-21-19(25)14-7-8-16-17(11-14)22-18-6-4-2-3-5-9-24(18)20(16)26/h7-8,10-11H,2-6,9,12H2,1H3,(H,21,25). The summed E-state index contributed by atoms with van der Waals surface area (Å²) < 4.78 is 6.80. The number of nitrogens with one attached hydrogen (secondary N) is 1. The Kier molecular flexibility index (Phi) is 4.75. The zero-order chi connectivity index (χ0) is 18.8. The summed E-state index contributed by atoms with van der Waals surface area (Å²) in [5, 5.41) is 7.24. The molecule has 3 heterocycles. The first kappa shape index (κ1) is 17.5. The summed E-state index contributed by atoms with van der Waals surface area (Å²) in [6.45, 7) is 2.81. The Balaban J connectivity index is 1.62. The summed E-state index contributed by atoms with van der Waals surface area (Å²) in [7, 11) is 0. The van der Waals surface area contributed by atoms with Crippen LogP contribution in [0.4, 0.5) is 0 Å². The van der Waals surface area contributed by atoms with Gasteiger partial charge in [0.2, 0.25) is 0 Å². The smallest absolute Gasteiger partial charge is 0.261 e. The third kappa shape index (κ3) is 3.63. The van der Waals surface area contributed by atoms with E-state index >= 15 is 0 Å². The number of aromatic nitrogens is 3. The van der Waals surface area contributed by atoms with Crippen molar-refractivity contribution in [2.24, 2.45) is 0 Å². The maximum atomic E-state index is 12.8. The molecular formula is C20H22N4O3. The molecule has 2 aromatic heterocycles. The lowest BCUT2D eigenvalue weighted by Crippen LogP contribution is -2.27. The predicted octanol–water partition coefficient (Wildman–Crippen LogP) is 2.74. The Morgan fingerprint density at radius 2 is 2.07 bits per heavy atom. The molecule has 0 fully saturated rings. The Morgan fingerprint density at radius 3 is 2.89 bits per heavy atom. The van der Waals surface area contributed by atoms with E-state index in [0.717, 1.165) is 44.5 Å². The summed E-state index contributed by atoms with van der Waals surface area (Å²) in [5.74, 6) is 1.29. The number of rotatable bonds is 3. The number of amides is 1. The first-order valence-electron chi connectivity index (χ1n) is 9.36. The normalized spacial score (nSPS) is 14.4. The van der Waals surface area contributed by atoms with Crippen LogP contribution in [-0.4, -0.2) is 20.6 Å². The maximum Gasteiger partial charge on any atom is 0.261 e. The molecule has 0 saturated carbocycles. The molecule has 0 aliphatic carbocycles. The molecule has 0 atom stereocenters. The van der Waals surface area contributed by atoms with Crippen LogP contribution in [0.25, 0.3) is 10.9 Å². The third-order valence-electron chi connectivity index (χ3n) is 4.94. The Hall–Kier alpha value is -2.96. The van der Waals surface area contributed by atoms with E-state index < -0.39 is 0 Å². The average Bonchev–Trinajstić information content (AvgIpc) is 3.06. The van der Waals surface area contributed by atoms with Gasteiger partial charge in [0.25, 0.3) is 11.5 Å². The van der Waals surface area contributed by atoms with Crippen molar-refractivity contribution >= 4 is 16.8 Å². The highest BCUT2D eigenvalue weighted by Gasteiger charge is 2.15. The summed E-state index contributed by atoms with van der Waals surface area (Å²) in [6.07, 6.45) is 5.15. The minimum Gasteiger partial charge on any atom is -0.361 e. The van der Waals surface area contributed by atoms with Gasteiger partial charge in [-0.05, 0) is 38.0 Å². The highest BCUT2D eigenvalue weighted by atomic mass is 16.5. The Bertz CT molecular complexity index is 1050. The van der Waals surface area contributed by atoms with Crippen LogP contribution >= 0.6 is 0 Å². The van der Waals surface area contributed by atoms with Gasteiger partial charge < -0.3 is 9.84 Å². The van der Waals surface area contributed by atoms with Crippen molar-refractivity contribution in [1.82, 2.24) is 20.0 Å². The fourth-order valence-corrected chi connectivity index (χ4v) is 3.51. The average molecular weight is 366 g/mol. The van der Waals surface area contributed by atoms with Crippen molar-refractivity contribution < 1.29 is 9.32 Å². The molecule has 1 aliphatic heterocycles. The Morgan fingerprint density at radius 1 is 1.22 bits per heavy atom. The van der Waals surface area contributed by atoms with Gasteiger partial charge in [0.1, 0.15) is 17.3 Å². The van der Waals surface area contributed by atoms with Gasteiger partial charge in [0.15, 0.2) is 0 Å². The van der Waals surface area contributed by atoms with Crippen molar-refractivity contribution in [2.45, 2.75) is 52.1 Å². The van der Waals surface area contributed by atoms with Crippen LogP contribution in [0.15, 0.2) is 33.6 Å². The number of carbonyl (C=O) groups excluding carboxylic acids is 1. The van der Waals surface area contributed by atoms with E-state index in [1.54, 1.807) is 35.8 Å². The van der Waals surface area contributed by atoms with Crippen molar-refractivity contribution in [3.8, 4) is 0 Å². The van der Waals surface area contributed by atoms with Crippen LogP contribution < -0.4 is 10.9 Å². The second-order valence-corrected chi connectivity index (χ2v) is 6.99. The topological polar surface area (TPSA) is 90.0 Å². The zero-order valence-electron chi connectivity index (χ0n) is 15.3. The molecule has 4 rings (SSSR count). The van der Waals surface area contributed by atoms with Crippen LogP contribution in [-0.2, 0) is 19.5 Å². The van der Waals surface area contributed by atoms with Crippen LogP contribution in [0.1, 0.15) is 53.3 Å². The second kappa shape index (κ2) is 7.34. The molecule has 0 radical (unpaired) electrons. The van der Waals surface area contributed by atoms with Gasteiger partial charge >= 0.3 is 0 Å². The highest BCUT2D eigenvalue weighted by Crippen LogP contribution is 2.16. The lowest BCUT2D eigenvalue weighted by atomic mass is 10.1. The van der Waals surface area contributed by atoms with Gasteiger partial charge in [0.05, 0.1) is 17.4 Å². The number of nitrogens with zero attached hydrogens (tertiary/aromatic N) is 3. The molecule has 1 aliphatic rings. The summed E-state index contributed by atoms with van der Waals surface area (Å²) in [6, 6.07) is 6.84. The van der Waals surface area contributed by atoms with E-state index in [4.69, 9.17) is 9.51 Å². The number of hydrogen-bond donors (Lipinski definition) is 1. The summed E-state index contributed by atoms with van der Waals surface area (Å²) >= 11 is 0. The molecule has 1 N–H and O–H groups in total. The van der Waals surface area contributed by atoms with Crippen LogP contribution in [0.2, 0.25) is 0 Å². The van der Waals surface area contributed by atoms with Crippen LogP contribution in [0.3, 0.4) is 0 Å². The second-order valence-electron chi connectivity index (χ2n) is 6.99. The van der Waals surface area contributed by atoms with E-state index in [2.05, 4.69) is 10.5 Å². The van der Waals surface area contributed by atoms with E-state index in [-0.39, 0.29) is 18.0 Å². The van der Waals surface area contributed by atoms with Crippen LogP contribution in [0.5, 0.6) is 0 Å². The summed E-state index contributed by atoms with van der Waals surface area (Å²) in [5.41, 5.74) is 1.71. The van der Waals surface area contributed by atoms with Gasteiger partial charge in [0, 0.05) is 24.6 Å². The van der Waals surface area contributed by atoms with Crippen molar-refractivity contribution in [1.29, 1.82) is 0 Å². The number of aryl methyl sites for hydroxylation is 2. The van der Waals surface area contributed by atoms with E-state index in [0.29, 0.717) is 27.9 Å². The number of benzene rings is 1. The molecule has 0 bridgehead atoms. The zero-order valence-corrected chi connectivity index (χ0v) is 15.3. The lowest BCUT2D eigenvalue weighted by molar-refractivity contribution is 0.0950. The molecule has 0 spiro atoms. The Labute approximate surface area is 156 Å². The van der Waals surface area contributed by atoms with E-state index in [1.807, 2.05) is 0 Å². The molecule has 1 amide bonds. The molecule has 0 saturated heterocycles. The van der Waals surface area contributed by atoms with Crippen molar-refractivity contribution in [3.05, 3.63) is 57.5 Å². The first-order chi connectivity index (χ1) is 13.1. The molecule has 0 unspecified atom stereocenters. The van der Waals surface area contributed by atoms with E-state index in [1.165, 1.54) is 0 Å². The molecular weight excluding hydrogens is 344 g/mol. The third-order valence-corrected chi connectivity index (χ3v) is 4.94. The van der Waals surface area contributed by atoms with Crippen molar-refractivity contribution in [2.75, 3.05) is 0 Å².